The lowest BCUT2D eigenvalue weighted by molar-refractivity contribution is 0.260. The Bertz CT molecular complexity index is 621. The third-order valence-electron chi connectivity index (χ3n) is 2.58. The first kappa shape index (κ1) is 11.0. The van der Waals surface area contributed by atoms with Gasteiger partial charge < -0.3 is 21.1 Å². The Kier molecular flexibility index (Phi) is 2.44. The molecule has 0 spiro atoms. The molecule has 8 heteroatoms. The van der Waals surface area contributed by atoms with E-state index in [4.69, 9.17) is 10.5 Å². The van der Waals surface area contributed by atoms with Crippen LogP contribution >= 0.6 is 11.8 Å². The van der Waals surface area contributed by atoms with Gasteiger partial charge in [-0.25, -0.2) is 0 Å². The van der Waals surface area contributed by atoms with Crippen LogP contribution in [0.2, 0.25) is 0 Å². The SMILES string of the molecule is COC1=CC=C2Nc3nc(N)[nH]c(=O)c3S[C@@H]2N1. The number of H-pyrrole nitrogens is 1. The predicted octanol–water partition coefficient (Wildman–Crippen LogP) is 0.171. The molecule has 18 heavy (non-hydrogen) atoms. The molecule has 0 bridgehead atoms. The van der Waals surface area contributed by atoms with Gasteiger partial charge in [0.05, 0.1) is 12.8 Å². The van der Waals surface area contributed by atoms with Crippen molar-refractivity contribution in [3.8, 4) is 0 Å². The van der Waals surface area contributed by atoms with Gasteiger partial charge in [-0.1, -0.05) is 11.8 Å². The molecule has 7 nitrogen and oxygen atoms in total. The number of nitrogens with one attached hydrogen (secondary N) is 3. The normalized spacial score (nSPS) is 20.6. The van der Waals surface area contributed by atoms with Crippen LogP contribution in [0.1, 0.15) is 0 Å². The lowest BCUT2D eigenvalue weighted by Gasteiger charge is -2.30. The van der Waals surface area contributed by atoms with Crippen LogP contribution in [0.5, 0.6) is 0 Å². The summed E-state index contributed by atoms with van der Waals surface area (Å²) < 4.78 is 5.12. The Balaban J connectivity index is 2.02. The maximum Gasteiger partial charge on any atom is 0.268 e. The number of hydrogen-bond donors (Lipinski definition) is 4. The number of nitrogens with zero attached hydrogens (tertiary/aromatic N) is 1. The van der Waals surface area contributed by atoms with Crippen LogP contribution in [-0.2, 0) is 4.74 Å². The molecule has 0 amide bonds. The number of methoxy groups -OCH3 is 1. The van der Waals surface area contributed by atoms with Crippen molar-refractivity contribution >= 4 is 23.5 Å². The number of dihydropyridines is 1. The minimum absolute atomic E-state index is 0.0935. The van der Waals surface area contributed by atoms with Crippen LogP contribution in [0.3, 0.4) is 0 Å². The van der Waals surface area contributed by atoms with Crippen molar-refractivity contribution < 1.29 is 4.74 Å². The predicted molar refractivity (Wildman–Crippen MR) is 68.8 cm³/mol. The van der Waals surface area contributed by atoms with E-state index in [0.717, 1.165) is 5.70 Å². The molecular formula is C10H11N5O2S. The summed E-state index contributed by atoms with van der Waals surface area (Å²) in [4.78, 5) is 18.8. The van der Waals surface area contributed by atoms with E-state index in [1.54, 1.807) is 13.2 Å². The highest BCUT2D eigenvalue weighted by Crippen LogP contribution is 2.36. The van der Waals surface area contributed by atoms with Gasteiger partial charge in [0.25, 0.3) is 5.56 Å². The summed E-state index contributed by atoms with van der Waals surface area (Å²) in [5, 5.41) is 6.15. The van der Waals surface area contributed by atoms with Crippen LogP contribution in [0.4, 0.5) is 11.8 Å². The van der Waals surface area contributed by atoms with Gasteiger partial charge in [-0.05, 0) is 12.2 Å². The van der Waals surface area contributed by atoms with E-state index >= 15 is 0 Å². The van der Waals surface area contributed by atoms with Gasteiger partial charge in [-0.15, -0.1) is 0 Å². The molecule has 0 fully saturated rings. The summed E-state index contributed by atoms with van der Waals surface area (Å²) in [5.41, 5.74) is 6.17. The second-order valence-corrected chi connectivity index (χ2v) is 4.87. The van der Waals surface area contributed by atoms with Crippen LogP contribution in [0, 0.1) is 0 Å². The molecule has 0 unspecified atom stereocenters. The average molecular weight is 265 g/mol. The number of aromatic nitrogens is 2. The van der Waals surface area contributed by atoms with E-state index in [1.165, 1.54) is 11.8 Å². The molecular weight excluding hydrogens is 254 g/mol. The van der Waals surface area contributed by atoms with E-state index in [-0.39, 0.29) is 16.9 Å². The van der Waals surface area contributed by atoms with Gasteiger partial charge in [-0.2, -0.15) is 4.98 Å². The fraction of sp³-hybridized carbons (Fsp3) is 0.200. The van der Waals surface area contributed by atoms with E-state index in [1.807, 2.05) is 6.08 Å². The van der Waals surface area contributed by atoms with E-state index < -0.39 is 0 Å². The number of thioether (sulfide) groups is 1. The van der Waals surface area contributed by atoms with Crippen LogP contribution in [0.25, 0.3) is 0 Å². The topological polar surface area (TPSA) is 105 Å². The molecule has 5 N–H and O–H groups in total. The molecule has 0 aromatic carbocycles. The fourth-order valence-electron chi connectivity index (χ4n) is 1.76. The summed E-state index contributed by atoms with van der Waals surface area (Å²) >= 11 is 1.37. The Labute approximate surface area is 107 Å². The zero-order valence-corrected chi connectivity index (χ0v) is 10.3. The maximum atomic E-state index is 11.8. The molecule has 0 radical (unpaired) electrons. The van der Waals surface area contributed by atoms with Gasteiger partial charge in [0.2, 0.25) is 5.95 Å². The second kappa shape index (κ2) is 3.98. The molecule has 2 aliphatic heterocycles. The fourth-order valence-corrected chi connectivity index (χ4v) is 2.81. The monoisotopic (exact) mass is 265 g/mol. The highest BCUT2D eigenvalue weighted by atomic mass is 32.2. The molecule has 3 rings (SSSR count). The largest absolute Gasteiger partial charge is 0.482 e. The lowest BCUT2D eigenvalue weighted by atomic mass is 10.3. The summed E-state index contributed by atoms with van der Waals surface area (Å²) in [6, 6.07) is 0. The smallest absolute Gasteiger partial charge is 0.268 e. The Morgan fingerprint density at radius 1 is 1.50 bits per heavy atom. The number of hydrogen-bond acceptors (Lipinski definition) is 7. The van der Waals surface area contributed by atoms with Gasteiger partial charge in [0.1, 0.15) is 10.3 Å². The number of allylic oxidation sites excluding steroid dienone is 2. The quantitative estimate of drug-likeness (QED) is 0.573. The molecule has 0 saturated heterocycles. The van der Waals surface area contributed by atoms with Gasteiger partial charge >= 0.3 is 0 Å². The number of anilines is 2. The molecule has 1 aromatic rings. The van der Waals surface area contributed by atoms with Crippen molar-refractivity contribution in [1.29, 1.82) is 0 Å². The van der Waals surface area contributed by atoms with Crippen molar-refractivity contribution in [3.63, 3.8) is 0 Å². The minimum Gasteiger partial charge on any atom is -0.482 e. The molecule has 1 atom stereocenters. The van der Waals surface area contributed by atoms with Crippen molar-refractivity contribution in [3.05, 3.63) is 34.1 Å². The molecule has 0 aliphatic carbocycles. The first-order valence-corrected chi connectivity index (χ1v) is 6.11. The average Bonchev–Trinajstić information content (AvgIpc) is 2.36. The minimum atomic E-state index is -0.246. The number of nitrogen functional groups attached to an aromatic ring is 1. The van der Waals surface area contributed by atoms with Crippen molar-refractivity contribution in [2.24, 2.45) is 0 Å². The zero-order valence-electron chi connectivity index (χ0n) is 9.48. The number of fused-ring (bicyclic) bond motifs is 2. The van der Waals surface area contributed by atoms with Crippen molar-refractivity contribution in [2.45, 2.75) is 10.3 Å². The van der Waals surface area contributed by atoms with Gasteiger partial charge in [0.15, 0.2) is 11.7 Å². The summed E-state index contributed by atoms with van der Waals surface area (Å²) in [6.07, 6.45) is 3.69. The van der Waals surface area contributed by atoms with Crippen LogP contribution < -0.4 is 21.9 Å². The molecule has 3 heterocycles. The van der Waals surface area contributed by atoms with Crippen LogP contribution in [-0.4, -0.2) is 22.5 Å². The first-order valence-electron chi connectivity index (χ1n) is 5.23. The highest BCUT2D eigenvalue weighted by molar-refractivity contribution is 8.00. The Morgan fingerprint density at radius 2 is 2.33 bits per heavy atom. The van der Waals surface area contributed by atoms with Crippen LogP contribution in [0.15, 0.2) is 33.4 Å². The Morgan fingerprint density at radius 3 is 3.11 bits per heavy atom. The third kappa shape index (κ3) is 1.70. The number of ether oxygens (including phenoxy) is 1. The Hall–Kier alpha value is -2.09. The molecule has 94 valence electrons. The number of nitrogens with two attached hydrogens (primary N) is 1. The summed E-state index contributed by atoms with van der Waals surface area (Å²) in [6.45, 7) is 0. The summed E-state index contributed by atoms with van der Waals surface area (Å²) in [7, 11) is 1.58. The van der Waals surface area contributed by atoms with Gasteiger partial charge in [-0.3, -0.25) is 9.78 Å². The third-order valence-corrected chi connectivity index (χ3v) is 3.81. The van der Waals surface area contributed by atoms with Crippen molar-refractivity contribution in [2.75, 3.05) is 18.2 Å². The zero-order chi connectivity index (χ0) is 12.7. The molecule has 2 aliphatic rings. The standard InChI is InChI=1S/C10H11N5O2S/c1-17-5-3-2-4-9(13-5)18-6-7(12-4)14-10(11)15-8(6)16/h2-3,9,13H,1H3,(H4,11,12,14,15,16)/t9-/m0/s1. The lowest BCUT2D eigenvalue weighted by Crippen LogP contribution is -2.37. The van der Waals surface area contributed by atoms with Gasteiger partial charge in [0, 0.05) is 0 Å². The highest BCUT2D eigenvalue weighted by Gasteiger charge is 2.29. The molecule has 0 saturated carbocycles. The summed E-state index contributed by atoms with van der Waals surface area (Å²) in [5.74, 6) is 1.24. The number of rotatable bonds is 1. The van der Waals surface area contributed by atoms with Crippen molar-refractivity contribution in [1.82, 2.24) is 15.3 Å². The first-order chi connectivity index (χ1) is 8.67. The molecule has 1 aromatic heterocycles. The second-order valence-electron chi connectivity index (χ2n) is 3.75. The van der Waals surface area contributed by atoms with E-state index in [0.29, 0.717) is 16.6 Å². The maximum absolute atomic E-state index is 11.8. The van der Waals surface area contributed by atoms with E-state index in [9.17, 15) is 4.79 Å². The van der Waals surface area contributed by atoms with E-state index in [2.05, 4.69) is 20.6 Å². The number of aromatic amines is 1.